The lowest BCUT2D eigenvalue weighted by atomic mass is 10.2. The molecule has 0 unspecified atom stereocenters. The van der Waals surface area contributed by atoms with Crippen LogP contribution in [-0.4, -0.2) is 43.2 Å². The van der Waals surface area contributed by atoms with Gasteiger partial charge in [-0.2, -0.15) is 0 Å². The molecule has 88 valence electrons. The van der Waals surface area contributed by atoms with Crippen LogP contribution in [-0.2, 0) is 0 Å². The van der Waals surface area contributed by atoms with Crippen LogP contribution in [0.15, 0.2) is 12.1 Å². The number of nitrogens with one attached hydrogen (secondary N) is 1. The summed E-state index contributed by atoms with van der Waals surface area (Å²) in [6.07, 6.45) is 0. The third-order valence-corrected chi connectivity index (χ3v) is 2.31. The molecule has 0 aromatic carbocycles. The number of hydrogen-bond acceptors (Lipinski definition) is 4. The number of carbonyl (C=O) groups is 1. The number of carboxylic acids is 1. The largest absolute Gasteiger partial charge is 0.478 e. The van der Waals surface area contributed by atoms with Gasteiger partial charge in [0.25, 0.3) is 0 Å². The number of halogens is 1. The van der Waals surface area contributed by atoms with Gasteiger partial charge in [0.15, 0.2) is 0 Å². The first-order chi connectivity index (χ1) is 7.54. The highest BCUT2D eigenvalue weighted by molar-refractivity contribution is 6.29. The van der Waals surface area contributed by atoms with Gasteiger partial charge in [-0.3, -0.25) is 0 Å². The molecule has 0 radical (unpaired) electrons. The summed E-state index contributed by atoms with van der Waals surface area (Å²) in [5.41, 5.74) is 0.145. The van der Waals surface area contributed by atoms with E-state index in [1.165, 1.54) is 12.1 Å². The Morgan fingerprint density at radius 2 is 2.31 bits per heavy atom. The predicted octanol–water partition coefficient (Wildman–Crippen LogP) is 1.09. The number of nitrogens with zero attached hydrogens (tertiary/aromatic N) is 2. The summed E-state index contributed by atoms with van der Waals surface area (Å²) < 4.78 is 0. The molecule has 6 heteroatoms. The van der Waals surface area contributed by atoms with Crippen molar-refractivity contribution in [3.05, 3.63) is 22.8 Å². The first-order valence-corrected chi connectivity index (χ1v) is 5.19. The van der Waals surface area contributed by atoms with Crippen molar-refractivity contribution >= 4 is 23.4 Å². The number of aromatic carboxylic acids is 1. The minimum atomic E-state index is -1.01. The number of hydrogen-bond donors (Lipinski definition) is 2. The second kappa shape index (κ2) is 5.67. The van der Waals surface area contributed by atoms with E-state index in [0.717, 1.165) is 13.1 Å². The fourth-order valence-electron chi connectivity index (χ4n) is 1.20. The number of rotatable bonds is 5. The maximum Gasteiger partial charge on any atom is 0.335 e. The third-order valence-electron chi connectivity index (χ3n) is 2.12. The van der Waals surface area contributed by atoms with Crippen molar-refractivity contribution in [1.82, 2.24) is 10.3 Å². The molecule has 2 N–H and O–H groups in total. The topological polar surface area (TPSA) is 65.5 Å². The average molecular weight is 244 g/mol. The van der Waals surface area contributed by atoms with Crippen LogP contribution in [0.3, 0.4) is 0 Å². The van der Waals surface area contributed by atoms with Gasteiger partial charge < -0.3 is 15.3 Å². The Balaban J connectivity index is 2.91. The molecule has 0 aliphatic heterocycles. The minimum Gasteiger partial charge on any atom is -0.478 e. The summed E-state index contributed by atoms with van der Waals surface area (Å²) >= 11 is 5.76. The highest BCUT2D eigenvalue weighted by Gasteiger charge is 2.10. The van der Waals surface area contributed by atoms with Crippen LogP contribution in [0.1, 0.15) is 10.4 Å². The summed E-state index contributed by atoms with van der Waals surface area (Å²) in [4.78, 5) is 16.7. The van der Waals surface area contributed by atoms with E-state index in [9.17, 15) is 4.79 Å². The minimum absolute atomic E-state index is 0.145. The van der Waals surface area contributed by atoms with Crippen LogP contribution in [0.25, 0.3) is 0 Å². The van der Waals surface area contributed by atoms with Crippen LogP contribution in [0.5, 0.6) is 0 Å². The van der Waals surface area contributed by atoms with E-state index in [4.69, 9.17) is 16.7 Å². The zero-order valence-electron chi connectivity index (χ0n) is 9.20. The lowest BCUT2D eigenvalue weighted by molar-refractivity contribution is 0.0697. The fourth-order valence-corrected chi connectivity index (χ4v) is 1.40. The molecular weight excluding hydrogens is 230 g/mol. The normalized spacial score (nSPS) is 10.2. The van der Waals surface area contributed by atoms with Crippen LogP contribution >= 0.6 is 11.6 Å². The predicted molar refractivity (Wildman–Crippen MR) is 63.4 cm³/mol. The fraction of sp³-hybridized carbons (Fsp3) is 0.400. The number of aromatic nitrogens is 1. The molecule has 1 aromatic heterocycles. The van der Waals surface area contributed by atoms with Gasteiger partial charge in [0.05, 0.1) is 5.56 Å². The smallest absolute Gasteiger partial charge is 0.335 e. The molecule has 1 aromatic rings. The number of anilines is 1. The van der Waals surface area contributed by atoms with E-state index in [1.807, 2.05) is 19.0 Å². The third kappa shape index (κ3) is 3.36. The zero-order chi connectivity index (χ0) is 12.1. The first-order valence-electron chi connectivity index (χ1n) is 4.81. The zero-order valence-corrected chi connectivity index (χ0v) is 9.95. The molecule has 0 aliphatic carbocycles. The van der Waals surface area contributed by atoms with Gasteiger partial charge in [0.1, 0.15) is 11.0 Å². The van der Waals surface area contributed by atoms with E-state index in [2.05, 4.69) is 10.3 Å². The average Bonchev–Trinajstić information content (AvgIpc) is 2.24. The number of carboxylic acid groups (broad SMARTS) is 1. The van der Waals surface area contributed by atoms with Crippen molar-refractivity contribution in [2.45, 2.75) is 0 Å². The van der Waals surface area contributed by atoms with E-state index in [-0.39, 0.29) is 10.7 Å². The summed E-state index contributed by atoms with van der Waals surface area (Å²) in [7, 11) is 3.68. The molecule has 0 spiro atoms. The second-order valence-corrected chi connectivity index (χ2v) is 3.75. The van der Waals surface area contributed by atoms with Crippen LogP contribution in [0, 0.1) is 0 Å². The lowest BCUT2D eigenvalue weighted by Gasteiger charge is -2.18. The SMILES string of the molecule is CNCCN(C)c1cc(C(=O)O)cc(Cl)n1. The van der Waals surface area contributed by atoms with Crippen molar-refractivity contribution in [2.75, 3.05) is 32.1 Å². The molecular formula is C10H14ClN3O2. The molecule has 0 amide bonds. The van der Waals surface area contributed by atoms with Gasteiger partial charge in [-0.05, 0) is 19.2 Å². The van der Waals surface area contributed by atoms with E-state index in [1.54, 1.807) is 0 Å². The quantitative estimate of drug-likeness (QED) is 0.758. The standard InChI is InChI=1S/C10H14ClN3O2/c1-12-3-4-14(2)9-6-7(10(15)16)5-8(11)13-9/h5-6,12H,3-4H2,1-2H3,(H,15,16). The Hall–Kier alpha value is -1.33. The molecule has 0 saturated carbocycles. The molecule has 0 fully saturated rings. The molecule has 0 bridgehead atoms. The Kier molecular flexibility index (Phi) is 4.52. The van der Waals surface area contributed by atoms with Gasteiger partial charge in [0.2, 0.25) is 0 Å². The van der Waals surface area contributed by atoms with E-state index < -0.39 is 5.97 Å². The summed E-state index contributed by atoms with van der Waals surface area (Å²) in [5.74, 6) is -0.451. The lowest BCUT2D eigenvalue weighted by Crippen LogP contribution is -2.27. The monoisotopic (exact) mass is 243 g/mol. The van der Waals surface area contributed by atoms with Gasteiger partial charge in [-0.15, -0.1) is 0 Å². The number of pyridine rings is 1. The van der Waals surface area contributed by atoms with Crippen molar-refractivity contribution in [3.8, 4) is 0 Å². The van der Waals surface area contributed by atoms with Crippen molar-refractivity contribution in [1.29, 1.82) is 0 Å². The Labute approximate surface area is 99.0 Å². The van der Waals surface area contributed by atoms with Crippen molar-refractivity contribution < 1.29 is 9.90 Å². The van der Waals surface area contributed by atoms with Crippen molar-refractivity contribution in [3.63, 3.8) is 0 Å². The first kappa shape index (κ1) is 12.7. The van der Waals surface area contributed by atoms with Gasteiger partial charge in [-0.25, -0.2) is 9.78 Å². The van der Waals surface area contributed by atoms with Gasteiger partial charge in [-0.1, -0.05) is 11.6 Å². The maximum atomic E-state index is 10.8. The van der Waals surface area contributed by atoms with Crippen LogP contribution < -0.4 is 10.2 Å². The van der Waals surface area contributed by atoms with Gasteiger partial charge in [0, 0.05) is 20.1 Å². The molecule has 0 atom stereocenters. The number of likely N-dealkylation sites (N-methyl/N-ethyl adjacent to an activating group) is 2. The highest BCUT2D eigenvalue weighted by Crippen LogP contribution is 2.17. The summed E-state index contributed by atoms with van der Waals surface area (Å²) in [6, 6.07) is 2.84. The molecule has 1 rings (SSSR count). The summed E-state index contributed by atoms with van der Waals surface area (Å²) in [5, 5.41) is 12.1. The van der Waals surface area contributed by atoms with Gasteiger partial charge >= 0.3 is 5.97 Å². The Morgan fingerprint density at radius 3 is 2.88 bits per heavy atom. The second-order valence-electron chi connectivity index (χ2n) is 3.37. The summed E-state index contributed by atoms with van der Waals surface area (Å²) in [6.45, 7) is 1.51. The molecule has 1 heterocycles. The molecule has 16 heavy (non-hydrogen) atoms. The highest BCUT2D eigenvalue weighted by atomic mass is 35.5. The Morgan fingerprint density at radius 1 is 1.62 bits per heavy atom. The van der Waals surface area contributed by atoms with Crippen LogP contribution in [0.4, 0.5) is 5.82 Å². The maximum absolute atomic E-state index is 10.8. The molecule has 0 saturated heterocycles. The van der Waals surface area contributed by atoms with Crippen LogP contribution in [0.2, 0.25) is 5.15 Å². The molecule has 5 nitrogen and oxygen atoms in total. The molecule has 0 aliphatic rings. The van der Waals surface area contributed by atoms with Crippen molar-refractivity contribution in [2.24, 2.45) is 0 Å². The Bertz CT molecular complexity index is 384. The van der Waals surface area contributed by atoms with E-state index in [0.29, 0.717) is 5.82 Å². The van der Waals surface area contributed by atoms with E-state index >= 15 is 0 Å².